The molecule has 258 valence electrons. The third-order valence-electron chi connectivity index (χ3n) is 6.53. The zero-order valence-electron chi connectivity index (χ0n) is 24.2. The molecule has 4 aromatic carbocycles. The Bertz CT molecular complexity index is 2310. The molecule has 0 saturated heterocycles. The minimum atomic E-state index is -4.90. The van der Waals surface area contributed by atoms with Crippen LogP contribution < -0.4 is 10.6 Å². The lowest BCUT2D eigenvalue weighted by Crippen LogP contribution is -2.24. The van der Waals surface area contributed by atoms with Gasteiger partial charge in [0.1, 0.15) is 16.3 Å². The van der Waals surface area contributed by atoms with Crippen LogP contribution in [0.3, 0.4) is 0 Å². The van der Waals surface area contributed by atoms with Crippen molar-refractivity contribution in [3.8, 4) is 11.8 Å². The van der Waals surface area contributed by atoms with Crippen LogP contribution in [0, 0.1) is 0 Å². The largest absolute Gasteiger partial charge is 0.505 e. The standard InChI is InChI=1S/C26H23N7O13S3/c34-11-14(35)10-27-24-29-25(31-26(37)30-24)28-18-9-15(48(39,40)41)7-13-8-19(47-46-45-38)21(22(36)20(13)18)33-32-17-6-5-12-3-1-2-4-16(12)23(17)49(42,43)44/h1-9,14,34-36,38H,10-11H2,(H,39,40,41)(H,42,43,44)(H3,27,28,29,30,31,37)/b33-32+. The van der Waals surface area contributed by atoms with E-state index in [1.54, 1.807) is 12.1 Å². The van der Waals surface area contributed by atoms with Crippen molar-refractivity contribution in [1.29, 1.82) is 0 Å². The number of aromatic nitrogens is 3. The lowest BCUT2D eigenvalue weighted by molar-refractivity contribution is -0.432. The molecule has 0 aliphatic heterocycles. The van der Waals surface area contributed by atoms with Crippen LogP contribution in [0.1, 0.15) is 0 Å². The molecule has 9 N–H and O–H groups in total. The number of fused-ring (bicyclic) bond motifs is 2. The molecule has 20 nitrogen and oxygen atoms in total. The summed E-state index contributed by atoms with van der Waals surface area (Å²) < 4.78 is 73.5. The molecule has 0 saturated carbocycles. The van der Waals surface area contributed by atoms with E-state index in [1.807, 2.05) is 0 Å². The lowest BCUT2D eigenvalue weighted by Gasteiger charge is -2.15. The normalized spacial score (nSPS) is 12.9. The van der Waals surface area contributed by atoms with Gasteiger partial charge in [-0.3, -0.25) is 9.11 Å². The maximum absolute atomic E-state index is 12.4. The van der Waals surface area contributed by atoms with Gasteiger partial charge in [0.25, 0.3) is 20.2 Å². The smallest absolute Gasteiger partial charge is 0.320 e. The summed E-state index contributed by atoms with van der Waals surface area (Å²) in [4.78, 5) is 9.86. The number of anilines is 3. The summed E-state index contributed by atoms with van der Waals surface area (Å²) in [5.41, 5.74) is -1.10. The molecule has 1 atom stereocenters. The van der Waals surface area contributed by atoms with Crippen molar-refractivity contribution in [3.05, 3.63) is 54.6 Å². The first-order valence-corrected chi connectivity index (χ1v) is 16.9. The van der Waals surface area contributed by atoms with Crippen molar-refractivity contribution in [3.63, 3.8) is 0 Å². The number of hydrogen-bond donors (Lipinski definition) is 9. The van der Waals surface area contributed by atoms with Crippen LogP contribution in [0.25, 0.3) is 21.5 Å². The summed E-state index contributed by atoms with van der Waals surface area (Å²) in [7, 11) is -9.77. The van der Waals surface area contributed by atoms with Crippen LogP contribution in [0.2, 0.25) is 0 Å². The fourth-order valence-corrected chi connectivity index (χ4v) is 6.37. The van der Waals surface area contributed by atoms with Crippen LogP contribution in [0.15, 0.2) is 79.5 Å². The van der Waals surface area contributed by atoms with E-state index in [1.165, 1.54) is 30.3 Å². The molecule has 1 unspecified atom stereocenters. The second kappa shape index (κ2) is 14.3. The molecule has 0 amide bonds. The fourth-order valence-electron chi connectivity index (χ4n) is 4.50. The Labute approximate surface area is 279 Å². The zero-order valence-corrected chi connectivity index (χ0v) is 26.7. The fraction of sp³-hybridized carbons (Fsp3) is 0.115. The molecule has 1 heterocycles. The molecule has 0 aliphatic carbocycles. The predicted octanol–water partition coefficient (Wildman–Crippen LogP) is 3.44. The van der Waals surface area contributed by atoms with Crippen molar-refractivity contribution < 1.29 is 61.0 Å². The minimum Gasteiger partial charge on any atom is -0.505 e. The van der Waals surface area contributed by atoms with Crippen LogP contribution >= 0.6 is 12.0 Å². The number of nitrogens with zero attached hydrogens (tertiary/aromatic N) is 5. The lowest BCUT2D eigenvalue weighted by atomic mass is 10.1. The number of hydrogen-bond acceptors (Lipinski definition) is 19. The van der Waals surface area contributed by atoms with Gasteiger partial charge in [-0.15, -0.1) is 14.6 Å². The molecule has 0 bridgehead atoms. The number of azo groups is 1. The summed E-state index contributed by atoms with van der Waals surface area (Å²) in [5, 5.41) is 66.0. The first-order valence-electron chi connectivity index (χ1n) is 13.3. The van der Waals surface area contributed by atoms with Gasteiger partial charge in [-0.2, -0.15) is 31.8 Å². The highest BCUT2D eigenvalue weighted by Gasteiger charge is 2.24. The van der Waals surface area contributed by atoms with Crippen molar-refractivity contribution in [1.82, 2.24) is 15.0 Å². The van der Waals surface area contributed by atoms with Gasteiger partial charge in [0.2, 0.25) is 11.9 Å². The quantitative estimate of drug-likeness (QED) is 0.0275. The van der Waals surface area contributed by atoms with Gasteiger partial charge in [0.05, 0.1) is 40.2 Å². The number of aliphatic hydroxyl groups is 2. The molecule has 0 spiro atoms. The second-order valence-electron chi connectivity index (χ2n) is 9.78. The molecular formula is C26H23N7O13S3. The van der Waals surface area contributed by atoms with Crippen LogP contribution in [-0.4, -0.2) is 85.8 Å². The third kappa shape index (κ3) is 8.08. The van der Waals surface area contributed by atoms with Gasteiger partial charge < -0.3 is 31.1 Å². The summed E-state index contributed by atoms with van der Waals surface area (Å²) >= 11 is 0.262. The van der Waals surface area contributed by atoms with Crippen molar-refractivity contribution in [2.24, 2.45) is 10.2 Å². The van der Waals surface area contributed by atoms with Gasteiger partial charge in [0.15, 0.2) is 5.75 Å². The summed E-state index contributed by atoms with van der Waals surface area (Å²) in [6, 6.07) is 11.1. The van der Waals surface area contributed by atoms with E-state index < -0.39 is 66.1 Å². The van der Waals surface area contributed by atoms with Crippen molar-refractivity contribution in [2.45, 2.75) is 20.8 Å². The molecule has 1 aromatic heterocycles. The first-order chi connectivity index (χ1) is 23.2. The molecule has 49 heavy (non-hydrogen) atoms. The number of aromatic hydroxyl groups is 2. The molecule has 0 aliphatic rings. The van der Waals surface area contributed by atoms with Crippen molar-refractivity contribution >= 4 is 82.8 Å². The Hall–Kier alpha value is -4.82. The zero-order chi connectivity index (χ0) is 35.5. The van der Waals surface area contributed by atoms with Crippen LogP contribution in [0.5, 0.6) is 11.8 Å². The summed E-state index contributed by atoms with van der Waals surface area (Å²) in [6.45, 7) is -0.845. The highest BCUT2D eigenvalue weighted by molar-refractivity contribution is 7.94. The summed E-state index contributed by atoms with van der Waals surface area (Å²) in [6.07, 6.45) is -1.22. The average molecular weight is 738 g/mol. The van der Waals surface area contributed by atoms with Crippen molar-refractivity contribution in [2.75, 3.05) is 23.8 Å². The summed E-state index contributed by atoms with van der Waals surface area (Å²) in [5.74, 6) is -1.48. The number of nitrogens with one attached hydrogen (secondary N) is 2. The highest BCUT2D eigenvalue weighted by atomic mass is 32.2. The van der Waals surface area contributed by atoms with E-state index in [-0.39, 0.29) is 57.0 Å². The number of rotatable bonds is 13. The minimum absolute atomic E-state index is 0.106. The predicted molar refractivity (Wildman–Crippen MR) is 170 cm³/mol. The van der Waals surface area contributed by atoms with Gasteiger partial charge in [-0.1, -0.05) is 35.4 Å². The monoisotopic (exact) mass is 737 g/mol. The van der Waals surface area contributed by atoms with Gasteiger partial charge in [-0.25, -0.2) is 5.26 Å². The third-order valence-corrected chi connectivity index (χ3v) is 8.92. The molecule has 5 aromatic rings. The molecule has 23 heteroatoms. The average Bonchev–Trinajstić information content (AvgIpc) is 3.04. The first kappa shape index (κ1) is 35.5. The Balaban J connectivity index is 1.71. The molecule has 5 rings (SSSR count). The highest BCUT2D eigenvalue weighted by Crippen LogP contribution is 2.48. The Kier molecular flexibility index (Phi) is 10.4. The number of aliphatic hydroxyl groups excluding tert-OH is 2. The van der Waals surface area contributed by atoms with E-state index >= 15 is 0 Å². The van der Waals surface area contributed by atoms with Crippen LogP contribution in [0.4, 0.5) is 29.0 Å². The maximum Gasteiger partial charge on any atom is 0.320 e. The second-order valence-corrected chi connectivity index (χ2v) is 13.3. The number of phenolic OH excluding ortho intramolecular Hbond substituents is 1. The van der Waals surface area contributed by atoms with E-state index in [4.69, 9.17) is 10.4 Å². The SMILES string of the molecule is O=S(=O)(O)c1cc(Nc2nc(O)nc(NCC(O)CO)n2)c2c(O)c(/N=N/c3ccc4ccccc4c3S(=O)(=O)O)c(SOOO)cc2c1. The number of phenols is 1. The van der Waals surface area contributed by atoms with E-state index in [2.05, 4.69) is 45.2 Å². The molecule has 0 radical (unpaired) electrons. The number of benzene rings is 4. The van der Waals surface area contributed by atoms with E-state index in [9.17, 15) is 41.3 Å². The Morgan fingerprint density at radius 2 is 1.63 bits per heavy atom. The molecule has 0 fully saturated rings. The maximum atomic E-state index is 12.4. The van der Waals surface area contributed by atoms with E-state index in [0.717, 1.165) is 12.1 Å². The van der Waals surface area contributed by atoms with Gasteiger partial charge in [0, 0.05) is 17.3 Å². The Morgan fingerprint density at radius 3 is 2.33 bits per heavy atom. The van der Waals surface area contributed by atoms with Crippen LogP contribution in [-0.2, 0) is 29.6 Å². The van der Waals surface area contributed by atoms with E-state index in [0.29, 0.717) is 5.39 Å². The molecular weight excluding hydrogens is 715 g/mol. The Morgan fingerprint density at radius 1 is 0.898 bits per heavy atom. The topological polar surface area (TPSA) is 316 Å². The van der Waals surface area contributed by atoms with Gasteiger partial charge in [-0.05, 0) is 35.0 Å². The van der Waals surface area contributed by atoms with Gasteiger partial charge >= 0.3 is 6.01 Å².